The van der Waals surface area contributed by atoms with Crippen molar-refractivity contribution in [3.05, 3.63) is 17.0 Å². The van der Waals surface area contributed by atoms with Crippen molar-refractivity contribution in [2.24, 2.45) is 0 Å². The summed E-state index contributed by atoms with van der Waals surface area (Å²) in [6, 6.07) is 0. The molecule has 6 heteroatoms. The molecule has 0 amide bonds. The van der Waals surface area contributed by atoms with E-state index < -0.39 is 0 Å². The van der Waals surface area contributed by atoms with Gasteiger partial charge in [-0.2, -0.15) is 9.61 Å². The summed E-state index contributed by atoms with van der Waals surface area (Å²) < 4.78 is 2.55. The predicted molar refractivity (Wildman–Crippen MR) is 57.3 cm³/mol. The standard InChI is InChI=1S/C8H10BrN5/c1-2-3-10-8-12-5-11-7-6(9)4-13-14(7)8/h4-5H,2-3H2,1H3,(H,10,11,12). The third kappa shape index (κ3) is 1.57. The Morgan fingerprint density at radius 1 is 1.50 bits per heavy atom. The summed E-state index contributed by atoms with van der Waals surface area (Å²) in [5.74, 6) is 0.725. The summed E-state index contributed by atoms with van der Waals surface area (Å²) in [5.41, 5.74) is 0.776. The van der Waals surface area contributed by atoms with Gasteiger partial charge >= 0.3 is 0 Å². The number of rotatable bonds is 3. The molecule has 0 atom stereocenters. The number of hydrogen-bond acceptors (Lipinski definition) is 4. The maximum atomic E-state index is 4.15. The third-order valence-electron chi connectivity index (χ3n) is 1.79. The van der Waals surface area contributed by atoms with E-state index in [1.54, 1.807) is 10.7 Å². The highest BCUT2D eigenvalue weighted by atomic mass is 79.9. The average Bonchev–Trinajstić information content (AvgIpc) is 2.58. The minimum Gasteiger partial charge on any atom is -0.354 e. The second kappa shape index (κ2) is 3.91. The van der Waals surface area contributed by atoms with E-state index in [0.29, 0.717) is 0 Å². The molecule has 0 aliphatic heterocycles. The third-order valence-corrected chi connectivity index (χ3v) is 2.35. The lowest BCUT2D eigenvalue weighted by molar-refractivity contribution is 0.865. The van der Waals surface area contributed by atoms with E-state index in [1.807, 2.05) is 0 Å². The van der Waals surface area contributed by atoms with Crippen LogP contribution in [0.15, 0.2) is 17.0 Å². The first-order valence-electron chi connectivity index (χ1n) is 4.41. The van der Waals surface area contributed by atoms with Crippen LogP contribution in [0.1, 0.15) is 13.3 Å². The van der Waals surface area contributed by atoms with Gasteiger partial charge in [0.1, 0.15) is 6.33 Å². The Bertz CT molecular complexity index is 438. The van der Waals surface area contributed by atoms with E-state index in [0.717, 1.165) is 29.0 Å². The second-order valence-corrected chi connectivity index (χ2v) is 3.71. The van der Waals surface area contributed by atoms with Crippen LogP contribution in [0.5, 0.6) is 0 Å². The van der Waals surface area contributed by atoms with Crippen LogP contribution in [0.3, 0.4) is 0 Å². The fraction of sp³-hybridized carbons (Fsp3) is 0.375. The lowest BCUT2D eigenvalue weighted by Crippen LogP contribution is -2.08. The molecule has 0 radical (unpaired) electrons. The van der Waals surface area contributed by atoms with E-state index in [-0.39, 0.29) is 0 Å². The van der Waals surface area contributed by atoms with Crippen molar-refractivity contribution >= 4 is 27.5 Å². The topological polar surface area (TPSA) is 55.1 Å². The van der Waals surface area contributed by atoms with Gasteiger partial charge in [-0.3, -0.25) is 0 Å². The number of anilines is 1. The smallest absolute Gasteiger partial charge is 0.227 e. The Hall–Kier alpha value is -1.17. The molecule has 0 unspecified atom stereocenters. The zero-order chi connectivity index (χ0) is 9.97. The lowest BCUT2D eigenvalue weighted by Gasteiger charge is -2.04. The molecule has 0 aliphatic rings. The summed E-state index contributed by atoms with van der Waals surface area (Å²) in [5, 5.41) is 7.33. The average molecular weight is 256 g/mol. The Morgan fingerprint density at radius 3 is 3.14 bits per heavy atom. The molecule has 2 heterocycles. The molecule has 0 saturated carbocycles. The van der Waals surface area contributed by atoms with Crippen LogP contribution >= 0.6 is 15.9 Å². The van der Waals surface area contributed by atoms with Gasteiger partial charge in [0.05, 0.1) is 10.7 Å². The van der Waals surface area contributed by atoms with E-state index in [2.05, 4.69) is 43.2 Å². The van der Waals surface area contributed by atoms with Crippen LogP contribution < -0.4 is 5.32 Å². The molecule has 5 nitrogen and oxygen atoms in total. The van der Waals surface area contributed by atoms with Gasteiger partial charge < -0.3 is 5.32 Å². The SMILES string of the molecule is CCCNc1ncnc2c(Br)cnn12. The van der Waals surface area contributed by atoms with Crippen molar-refractivity contribution in [2.45, 2.75) is 13.3 Å². The van der Waals surface area contributed by atoms with Crippen molar-refractivity contribution in [2.75, 3.05) is 11.9 Å². The largest absolute Gasteiger partial charge is 0.354 e. The molecule has 0 saturated heterocycles. The Kier molecular flexibility index (Phi) is 2.62. The van der Waals surface area contributed by atoms with Crippen LogP contribution in [0.4, 0.5) is 5.95 Å². The van der Waals surface area contributed by atoms with Crippen molar-refractivity contribution in [3.63, 3.8) is 0 Å². The number of nitrogens with one attached hydrogen (secondary N) is 1. The van der Waals surface area contributed by atoms with E-state index in [1.165, 1.54) is 6.33 Å². The first kappa shape index (κ1) is 9.39. The summed E-state index contributed by atoms with van der Waals surface area (Å²) in [6.45, 7) is 2.98. The summed E-state index contributed by atoms with van der Waals surface area (Å²) in [7, 11) is 0. The van der Waals surface area contributed by atoms with Crippen LogP contribution in [0.2, 0.25) is 0 Å². The quantitative estimate of drug-likeness (QED) is 0.908. The van der Waals surface area contributed by atoms with Gasteiger partial charge in [-0.05, 0) is 22.4 Å². The molecule has 2 rings (SSSR count). The van der Waals surface area contributed by atoms with Crippen molar-refractivity contribution < 1.29 is 0 Å². The zero-order valence-electron chi connectivity index (χ0n) is 7.74. The monoisotopic (exact) mass is 255 g/mol. The fourth-order valence-corrected chi connectivity index (χ4v) is 1.51. The molecule has 0 spiro atoms. The minimum atomic E-state index is 0.725. The maximum absolute atomic E-state index is 4.15. The van der Waals surface area contributed by atoms with Crippen LogP contribution in [-0.2, 0) is 0 Å². The van der Waals surface area contributed by atoms with Crippen molar-refractivity contribution in [3.8, 4) is 0 Å². The Labute approximate surface area is 89.7 Å². The van der Waals surface area contributed by atoms with E-state index in [4.69, 9.17) is 0 Å². The lowest BCUT2D eigenvalue weighted by atomic mass is 10.5. The second-order valence-electron chi connectivity index (χ2n) is 2.85. The predicted octanol–water partition coefficient (Wildman–Crippen LogP) is 1.71. The highest BCUT2D eigenvalue weighted by Crippen LogP contribution is 2.16. The number of halogens is 1. The zero-order valence-corrected chi connectivity index (χ0v) is 9.32. The van der Waals surface area contributed by atoms with Crippen LogP contribution in [-0.4, -0.2) is 26.1 Å². The summed E-state index contributed by atoms with van der Waals surface area (Å²) >= 11 is 3.37. The molecule has 2 aromatic rings. The fourth-order valence-electron chi connectivity index (χ4n) is 1.14. The van der Waals surface area contributed by atoms with Crippen LogP contribution in [0, 0.1) is 0 Å². The van der Waals surface area contributed by atoms with E-state index in [9.17, 15) is 0 Å². The molecular weight excluding hydrogens is 246 g/mol. The van der Waals surface area contributed by atoms with Crippen LogP contribution in [0.25, 0.3) is 5.65 Å². The summed E-state index contributed by atoms with van der Waals surface area (Å²) in [4.78, 5) is 8.23. The van der Waals surface area contributed by atoms with Gasteiger partial charge in [0.25, 0.3) is 0 Å². The van der Waals surface area contributed by atoms with Gasteiger partial charge in [-0.25, -0.2) is 9.97 Å². The number of nitrogens with zero attached hydrogens (tertiary/aromatic N) is 4. The van der Waals surface area contributed by atoms with Gasteiger partial charge in [0.15, 0.2) is 5.65 Å². The maximum Gasteiger partial charge on any atom is 0.227 e. The van der Waals surface area contributed by atoms with Crippen molar-refractivity contribution in [1.29, 1.82) is 0 Å². The molecule has 0 fully saturated rings. The number of hydrogen-bond donors (Lipinski definition) is 1. The Balaban J connectivity index is 2.44. The molecule has 0 bridgehead atoms. The molecule has 1 N–H and O–H groups in total. The number of fused-ring (bicyclic) bond motifs is 1. The number of aromatic nitrogens is 4. The highest BCUT2D eigenvalue weighted by molar-refractivity contribution is 9.10. The Morgan fingerprint density at radius 2 is 2.36 bits per heavy atom. The van der Waals surface area contributed by atoms with Gasteiger partial charge in [-0.15, -0.1) is 0 Å². The molecule has 74 valence electrons. The van der Waals surface area contributed by atoms with Gasteiger partial charge in [-0.1, -0.05) is 6.92 Å². The first-order chi connectivity index (χ1) is 6.83. The van der Waals surface area contributed by atoms with Gasteiger partial charge in [0, 0.05) is 6.54 Å². The molecule has 2 aromatic heterocycles. The summed E-state index contributed by atoms with van der Waals surface area (Å²) in [6.07, 6.45) is 4.29. The molecular formula is C8H10BrN5. The first-order valence-corrected chi connectivity index (χ1v) is 5.20. The van der Waals surface area contributed by atoms with Gasteiger partial charge in [0.2, 0.25) is 5.95 Å². The van der Waals surface area contributed by atoms with Crippen molar-refractivity contribution in [1.82, 2.24) is 19.6 Å². The minimum absolute atomic E-state index is 0.725. The normalized spacial score (nSPS) is 10.7. The van der Waals surface area contributed by atoms with E-state index >= 15 is 0 Å². The molecule has 0 aromatic carbocycles. The molecule has 14 heavy (non-hydrogen) atoms. The highest BCUT2D eigenvalue weighted by Gasteiger charge is 2.06. The molecule has 0 aliphatic carbocycles.